The van der Waals surface area contributed by atoms with Gasteiger partial charge in [-0.05, 0) is 6.07 Å². The maximum atomic E-state index is 12.9. The van der Waals surface area contributed by atoms with Crippen LogP contribution < -0.4 is 5.73 Å². The number of hydrogen-bond acceptors (Lipinski definition) is 2. The normalized spacial score (nSPS) is 9.29. The van der Waals surface area contributed by atoms with Crippen molar-refractivity contribution in [2.24, 2.45) is 0 Å². The standard InChI is InChI=1S/C8H7F2NO2.ClH/c9-7-4(3-6(12)13)1-2-5(11)8(7)10;/h1-2H,3,11H2,(H,12,13);1H. The van der Waals surface area contributed by atoms with Crippen LogP contribution in [-0.4, -0.2) is 11.1 Å². The van der Waals surface area contributed by atoms with Gasteiger partial charge in [0.2, 0.25) is 0 Å². The van der Waals surface area contributed by atoms with Gasteiger partial charge in [-0.25, -0.2) is 8.78 Å². The molecule has 0 saturated heterocycles. The van der Waals surface area contributed by atoms with Crippen molar-refractivity contribution in [1.29, 1.82) is 0 Å². The second kappa shape index (κ2) is 4.76. The molecule has 0 aliphatic rings. The van der Waals surface area contributed by atoms with E-state index in [0.717, 1.165) is 12.1 Å². The van der Waals surface area contributed by atoms with E-state index in [2.05, 4.69) is 0 Å². The lowest BCUT2D eigenvalue weighted by Gasteiger charge is -2.02. The van der Waals surface area contributed by atoms with E-state index < -0.39 is 24.0 Å². The Morgan fingerprint density at radius 3 is 2.43 bits per heavy atom. The van der Waals surface area contributed by atoms with Crippen molar-refractivity contribution in [2.45, 2.75) is 6.42 Å². The van der Waals surface area contributed by atoms with Gasteiger partial charge >= 0.3 is 5.97 Å². The van der Waals surface area contributed by atoms with Crippen molar-refractivity contribution in [3.8, 4) is 0 Å². The number of nitrogen functional groups attached to an aromatic ring is 1. The van der Waals surface area contributed by atoms with Crippen LogP contribution in [0.1, 0.15) is 5.56 Å². The number of aliphatic carboxylic acids is 1. The van der Waals surface area contributed by atoms with E-state index in [1.165, 1.54) is 0 Å². The fraction of sp³-hybridized carbons (Fsp3) is 0.125. The van der Waals surface area contributed by atoms with E-state index in [4.69, 9.17) is 10.8 Å². The van der Waals surface area contributed by atoms with Gasteiger partial charge in [0.1, 0.15) is 0 Å². The summed E-state index contributed by atoms with van der Waals surface area (Å²) in [5.41, 5.74) is 4.52. The number of rotatable bonds is 2. The summed E-state index contributed by atoms with van der Waals surface area (Å²) in [5, 5.41) is 8.33. The summed E-state index contributed by atoms with van der Waals surface area (Å²) in [6.07, 6.45) is -0.553. The molecule has 0 unspecified atom stereocenters. The van der Waals surface area contributed by atoms with E-state index in [1.807, 2.05) is 0 Å². The molecule has 14 heavy (non-hydrogen) atoms. The van der Waals surface area contributed by atoms with Crippen molar-refractivity contribution >= 4 is 24.1 Å². The molecule has 0 fully saturated rings. The molecule has 6 heteroatoms. The second-order valence-electron chi connectivity index (χ2n) is 2.51. The van der Waals surface area contributed by atoms with Crippen molar-refractivity contribution in [1.82, 2.24) is 0 Å². The first kappa shape index (κ1) is 12.6. The number of hydrogen-bond donors (Lipinski definition) is 2. The van der Waals surface area contributed by atoms with E-state index in [0.29, 0.717) is 0 Å². The Bertz CT molecular complexity index is 357. The number of carboxylic acid groups (broad SMARTS) is 1. The highest BCUT2D eigenvalue weighted by Crippen LogP contribution is 2.18. The summed E-state index contributed by atoms with van der Waals surface area (Å²) in [7, 11) is 0. The zero-order chi connectivity index (χ0) is 10.0. The third-order valence-electron chi connectivity index (χ3n) is 1.53. The molecule has 0 heterocycles. The molecular weight excluding hydrogens is 216 g/mol. The SMILES string of the molecule is Cl.Nc1ccc(CC(=O)O)c(F)c1F. The summed E-state index contributed by atoms with van der Waals surface area (Å²) in [5.74, 6) is -3.61. The van der Waals surface area contributed by atoms with E-state index >= 15 is 0 Å². The Kier molecular flexibility index (Phi) is 4.30. The molecule has 0 atom stereocenters. The Balaban J connectivity index is 0.00000169. The Morgan fingerprint density at radius 1 is 1.36 bits per heavy atom. The molecule has 3 N–H and O–H groups in total. The van der Waals surface area contributed by atoms with E-state index in [9.17, 15) is 13.6 Å². The molecule has 0 spiro atoms. The maximum Gasteiger partial charge on any atom is 0.307 e. The van der Waals surface area contributed by atoms with Gasteiger partial charge in [-0.3, -0.25) is 4.79 Å². The maximum absolute atomic E-state index is 12.9. The largest absolute Gasteiger partial charge is 0.481 e. The molecule has 0 amide bonds. The van der Waals surface area contributed by atoms with Crippen LogP contribution in [-0.2, 0) is 11.2 Å². The van der Waals surface area contributed by atoms with Gasteiger partial charge < -0.3 is 10.8 Å². The molecule has 1 rings (SSSR count). The first-order chi connectivity index (χ1) is 6.02. The molecule has 1 aromatic carbocycles. The van der Waals surface area contributed by atoms with Crippen LogP contribution in [0, 0.1) is 11.6 Å². The van der Waals surface area contributed by atoms with Crippen LogP contribution in [0.15, 0.2) is 12.1 Å². The highest BCUT2D eigenvalue weighted by molar-refractivity contribution is 5.85. The van der Waals surface area contributed by atoms with Crippen molar-refractivity contribution in [3.05, 3.63) is 29.3 Å². The topological polar surface area (TPSA) is 63.3 Å². The molecule has 0 aliphatic heterocycles. The average Bonchev–Trinajstić information content (AvgIpc) is 2.06. The van der Waals surface area contributed by atoms with Crippen LogP contribution >= 0.6 is 12.4 Å². The zero-order valence-corrected chi connectivity index (χ0v) is 7.78. The lowest BCUT2D eigenvalue weighted by Crippen LogP contribution is -2.05. The lowest BCUT2D eigenvalue weighted by atomic mass is 10.1. The van der Waals surface area contributed by atoms with Crippen LogP contribution in [0.5, 0.6) is 0 Å². The zero-order valence-electron chi connectivity index (χ0n) is 6.96. The molecule has 0 bridgehead atoms. The van der Waals surface area contributed by atoms with Crippen LogP contribution in [0.4, 0.5) is 14.5 Å². The first-order valence-corrected chi connectivity index (χ1v) is 3.46. The third-order valence-corrected chi connectivity index (χ3v) is 1.53. The predicted molar refractivity (Wildman–Crippen MR) is 49.4 cm³/mol. The van der Waals surface area contributed by atoms with Crippen LogP contribution in [0.25, 0.3) is 0 Å². The van der Waals surface area contributed by atoms with Crippen LogP contribution in [0.3, 0.4) is 0 Å². The molecular formula is C8H8ClF2NO2. The minimum absolute atomic E-state index is 0. The van der Waals surface area contributed by atoms with Gasteiger partial charge in [0.05, 0.1) is 12.1 Å². The third kappa shape index (κ3) is 2.56. The van der Waals surface area contributed by atoms with Gasteiger partial charge in [0, 0.05) is 5.56 Å². The average molecular weight is 224 g/mol. The first-order valence-electron chi connectivity index (χ1n) is 3.46. The van der Waals surface area contributed by atoms with Gasteiger partial charge in [-0.1, -0.05) is 6.07 Å². The highest BCUT2D eigenvalue weighted by atomic mass is 35.5. The summed E-state index contributed by atoms with van der Waals surface area (Å²) < 4.78 is 25.7. The monoisotopic (exact) mass is 223 g/mol. The second-order valence-corrected chi connectivity index (χ2v) is 2.51. The van der Waals surface area contributed by atoms with E-state index in [-0.39, 0.29) is 23.7 Å². The van der Waals surface area contributed by atoms with Gasteiger partial charge in [-0.2, -0.15) is 0 Å². The summed E-state index contributed by atoms with van der Waals surface area (Å²) in [6, 6.07) is 2.29. The smallest absolute Gasteiger partial charge is 0.307 e. The minimum Gasteiger partial charge on any atom is -0.481 e. The molecule has 0 aromatic heterocycles. The molecule has 3 nitrogen and oxygen atoms in total. The molecule has 78 valence electrons. The Labute approximate surface area is 84.9 Å². The fourth-order valence-electron chi connectivity index (χ4n) is 0.904. The molecule has 0 saturated carbocycles. The number of nitrogens with two attached hydrogens (primary N) is 1. The van der Waals surface area contributed by atoms with E-state index in [1.54, 1.807) is 0 Å². The number of anilines is 1. The van der Waals surface area contributed by atoms with Crippen molar-refractivity contribution in [2.75, 3.05) is 5.73 Å². The minimum atomic E-state index is -1.22. The quantitative estimate of drug-likeness (QED) is 0.749. The highest BCUT2D eigenvalue weighted by Gasteiger charge is 2.13. The number of halogens is 3. The Morgan fingerprint density at radius 2 is 1.93 bits per heavy atom. The fourth-order valence-corrected chi connectivity index (χ4v) is 0.904. The predicted octanol–water partition coefficient (Wildman–Crippen LogP) is 1.60. The van der Waals surface area contributed by atoms with Crippen molar-refractivity contribution in [3.63, 3.8) is 0 Å². The van der Waals surface area contributed by atoms with Gasteiger partial charge in [0.25, 0.3) is 0 Å². The van der Waals surface area contributed by atoms with Crippen molar-refractivity contribution < 1.29 is 18.7 Å². The number of carbonyl (C=O) groups is 1. The molecule has 1 aromatic rings. The lowest BCUT2D eigenvalue weighted by molar-refractivity contribution is -0.136. The summed E-state index contributed by atoms with van der Waals surface area (Å²) >= 11 is 0. The Hall–Kier alpha value is -1.36. The number of benzene rings is 1. The summed E-state index contributed by atoms with van der Waals surface area (Å²) in [4.78, 5) is 10.2. The van der Waals surface area contributed by atoms with Crippen LogP contribution in [0.2, 0.25) is 0 Å². The molecule has 0 radical (unpaired) electrons. The van der Waals surface area contributed by atoms with Gasteiger partial charge in [-0.15, -0.1) is 12.4 Å². The molecule has 0 aliphatic carbocycles. The van der Waals surface area contributed by atoms with Gasteiger partial charge in [0.15, 0.2) is 11.6 Å². The number of carboxylic acids is 1. The summed E-state index contributed by atoms with van der Waals surface area (Å²) in [6.45, 7) is 0.